The lowest BCUT2D eigenvalue weighted by Gasteiger charge is -2.45. The summed E-state index contributed by atoms with van der Waals surface area (Å²) >= 11 is 0. The monoisotopic (exact) mass is 371 g/mol. The number of urea groups is 1. The molecule has 1 unspecified atom stereocenters. The van der Waals surface area contributed by atoms with Gasteiger partial charge in [0.05, 0.1) is 5.54 Å². The molecule has 3 aliphatic rings. The van der Waals surface area contributed by atoms with E-state index in [0.717, 1.165) is 65.0 Å². The van der Waals surface area contributed by atoms with E-state index in [1.807, 2.05) is 0 Å². The van der Waals surface area contributed by atoms with E-state index in [1.165, 1.54) is 17.5 Å². The molecule has 0 saturated carbocycles. The van der Waals surface area contributed by atoms with E-state index >= 15 is 0 Å². The van der Waals surface area contributed by atoms with Gasteiger partial charge in [0.15, 0.2) is 0 Å². The van der Waals surface area contributed by atoms with Gasteiger partial charge < -0.3 is 20.3 Å². The zero-order valence-corrected chi connectivity index (χ0v) is 16.6. The largest absolute Gasteiger partial charge is 0.381 e. The second-order valence-electron chi connectivity index (χ2n) is 8.72. The van der Waals surface area contributed by atoms with Gasteiger partial charge in [-0.3, -0.25) is 0 Å². The van der Waals surface area contributed by atoms with E-state index < -0.39 is 0 Å². The summed E-state index contributed by atoms with van der Waals surface area (Å²) < 4.78 is 5.60. The van der Waals surface area contributed by atoms with Gasteiger partial charge in [-0.25, -0.2) is 4.79 Å². The summed E-state index contributed by atoms with van der Waals surface area (Å²) in [6, 6.07) is 8.84. The van der Waals surface area contributed by atoms with Crippen LogP contribution in [0.4, 0.5) is 4.79 Å². The summed E-state index contributed by atoms with van der Waals surface area (Å²) in [5, 5.41) is 6.79. The number of amides is 2. The van der Waals surface area contributed by atoms with E-state index in [9.17, 15) is 4.79 Å². The summed E-state index contributed by atoms with van der Waals surface area (Å²) in [5.41, 5.74) is 2.84. The zero-order valence-electron chi connectivity index (χ0n) is 16.6. The molecule has 1 aliphatic carbocycles. The van der Waals surface area contributed by atoms with Gasteiger partial charge in [-0.1, -0.05) is 31.2 Å². The number of carbonyl (C=O) groups excluding carboxylic acids is 1. The zero-order chi connectivity index (χ0) is 18.7. The van der Waals surface area contributed by atoms with Crippen LogP contribution in [0.5, 0.6) is 0 Å². The van der Waals surface area contributed by atoms with Crippen molar-refractivity contribution in [3.8, 4) is 0 Å². The predicted octanol–water partition coefficient (Wildman–Crippen LogP) is 2.83. The van der Waals surface area contributed by atoms with E-state index in [-0.39, 0.29) is 17.0 Å². The first kappa shape index (κ1) is 18.8. The molecule has 5 nitrogen and oxygen atoms in total. The first-order chi connectivity index (χ1) is 13.1. The van der Waals surface area contributed by atoms with Crippen molar-refractivity contribution in [2.24, 2.45) is 0 Å². The van der Waals surface area contributed by atoms with Crippen LogP contribution in [0.25, 0.3) is 0 Å². The molecular weight excluding hydrogens is 338 g/mol. The molecule has 1 aromatic rings. The van der Waals surface area contributed by atoms with Crippen molar-refractivity contribution >= 4 is 6.03 Å². The summed E-state index contributed by atoms with van der Waals surface area (Å²) in [4.78, 5) is 15.4. The van der Waals surface area contributed by atoms with Crippen LogP contribution in [0.3, 0.4) is 0 Å². The van der Waals surface area contributed by atoms with Gasteiger partial charge >= 0.3 is 6.03 Å². The molecular formula is C22H33N3O2. The van der Waals surface area contributed by atoms with Crippen LogP contribution < -0.4 is 10.6 Å². The fourth-order valence-corrected chi connectivity index (χ4v) is 5.28. The Bertz CT molecular complexity index is 671. The van der Waals surface area contributed by atoms with Gasteiger partial charge in [0.1, 0.15) is 0 Å². The molecule has 2 aliphatic heterocycles. The van der Waals surface area contributed by atoms with E-state index in [0.29, 0.717) is 6.54 Å². The number of carbonyl (C=O) groups is 1. The maximum absolute atomic E-state index is 13.3. The quantitative estimate of drug-likeness (QED) is 0.841. The van der Waals surface area contributed by atoms with Crippen molar-refractivity contribution in [2.45, 2.75) is 56.4 Å². The highest BCUT2D eigenvalue weighted by Crippen LogP contribution is 2.37. The number of benzene rings is 1. The maximum atomic E-state index is 13.3. The molecule has 0 radical (unpaired) electrons. The highest BCUT2D eigenvalue weighted by Gasteiger charge is 2.42. The van der Waals surface area contributed by atoms with E-state index in [1.54, 1.807) is 0 Å². The van der Waals surface area contributed by atoms with Gasteiger partial charge in [-0.15, -0.1) is 0 Å². The predicted molar refractivity (Wildman–Crippen MR) is 107 cm³/mol. The van der Waals surface area contributed by atoms with Crippen molar-refractivity contribution < 1.29 is 9.53 Å². The van der Waals surface area contributed by atoms with E-state index in [2.05, 4.69) is 46.7 Å². The first-order valence-corrected chi connectivity index (χ1v) is 10.6. The highest BCUT2D eigenvalue weighted by atomic mass is 16.5. The average molecular weight is 372 g/mol. The minimum absolute atomic E-state index is 0.0252. The minimum atomic E-state index is -0.0444. The van der Waals surface area contributed by atoms with Crippen LogP contribution in [0, 0.1) is 0 Å². The highest BCUT2D eigenvalue weighted by molar-refractivity contribution is 5.75. The summed E-state index contributed by atoms with van der Waals surface area (Å²) in [6.07, 6.45) is 6.39. The third-order valence-corrected chi connectivity index (χ3v) is 6.99. The van der Waals surface area contributed by atoms with Crippen LogP contribution in [-0.2, 0) is 16.6 Å². The molecule has 0 bridgehead atoms. The molecule has 5 heteroatoms. The Morgan fingerprint density at radius 1 is 1.19 bits per heavy atom. The molecule has 4 rings (SSSR count). The number of aryl methyl sites for hydroxylation is 1. The third-order valence-electron chi connectivity index (χ3n) is 6.99. The van der Waals surface area contributed by atoms with Crippen LogP contribution in [0.15, 0.2) is 24.3 Å². The lowest BCUT2D eigenvalue weighted by molar-refractivity contribution is -0.00914. The summed E-state index contributed by atoms with van der Waals surface area (Å²) in [5.74, 6) is 0. The van der Waals surface area contributed by atoms with Crippen LogP contribution in [-0.4, -0.2) is 55.9 Å². The van der Waals surface area contributed by atoms with Crippen molar-refractivity contribution in [1.29, 1.82) is 0 Å². The van der Waals surface area contributed by atoms with Crippen molar-refractivity contribution in [3.05, 3.63) is 35.4 Å². The Hall–Kier alpha value is -1.59. The summed E-state index contributed by atoms with van der Waals surface area (Å²) in [6.45, 7) is 7.16. The topological polar surface area (TPSA) is 53.6 Å². The van der Waals surface area contributed by atoms with Gasteiger partial charge in [0.25, 0.3) is 0 Å². The Balaban J connectivity index is 1.48. The Morgan fingerprint density at radius 3 is 2.85 bits per heavy atom. The molecule has 2 N–H and O–H groups in total. The molecule has 1 aromatic carbocycles. The number of hydrogen-bond acceptors (Lipinski definition) is 3. The van der Waals surface area contributed by atoms with Gasteiger partial charge in [0, 0.05) is 38.3 Å². The lowest BCUT2D eigenvalue weighted by atomic mass is 9.71. The smallest absolute Gasteiger partial charge is 0.317 e. The molecule has 148 valence electrons. The number of nitrogens with zero attached hydrogens (tertiary/aromatic N) is 1. The third kappa shape index (κ3) is 3.72. The molecule has 1 atom stereocenters. The van der Waals surface area contributed by atoms with Gasteiger partial charge in [-0.05, 0) is 56.2 Å². The van der Waals surface area contributed by atoms with Crippen LogP contribution in [0.2, 0.25) is 0 Å². The molecule has 0 aromatic heterocycles. The molecule has 2 fully saturated rings. The molecule has 2 amide bonds. The molecule has 2 heterocycles. The average Bonchev–Trinajstić information content (AvgIpc) is 2.90. The van der Waals surface area contributed by atoms with E-state index in [4.69, 9.17) is 4.74 Å². The van der Waals surface area contributed by atoms with Crippen molar-refractivity contribution in [2.75, 3.05) is 39.4 Å². The van der Waals surface area contributed by atoms with Crippen LogP contribution in [0.1, 0.15) is 50.2 Å². The summed E-state index contributed by atoms with van der Waals surface area (Å²) in [7, 11) is 0. The number of rotatable bonds is 2. The molecule has 27 heavy (non-hydrogen) atoms. The van der Waals surface area contributed by atoms with Gasteiger partial charge in [-0.2, -0.15) is 0 Å². The normalized spacial score (nSPS) is 27.7. The SMILES string of the molecule is CC1(CNC(=O)N2CCNCCC23CCOCC3)CCCc2ccccc21. The fraction of sp³-hybridized carbons (Fsp3) is 0.682. The Kier molecular flexibility index (Phi) is 5.42. The Labute approximate surface area is 162 Å². The molecule has 1 spiro atoms. The molecule has 2 saturated heterocycles. The number of hydrogen-bond donors (Lipinski definition) is 2. The fourth-order valence-electron chi connectivity index (χ4n) is 5.28. The van der Waals surface area contributed by atoms with Crippen molar-refractivity contribution in [1.82, 2.24) is 15.5 Å². The van der Waals surface area contributed by atoms with Gasteiger partial charge in [0.2, 0.25) is 0 Å². The minimum Gasteiger partial charge on any atom is -0.381 e. The number of nitrogens with one attached hydrogen (secondary N) is 2. The second kappa shape index (κ2) is 7.80. The number of ether oxygens (including phenoxy) is 1. The standard InChI is InChI=1S/C22H33N3O2/c1-21(8-4-6-18-5-2-3-7-19(18)21)17-24-20(26)25-14-13-23-12-9-22(25)10-15-27-16-11-22/h2-3,5,7,23H,4,6,8-17H2,1H3,(H,24,26). The maximum Gasteiger partial charge on any atom is 0.317 e. The number of fused-ring (bicyclic) bond motifs is 1. The first-order valence-electron chi connectivity index (χ1n) is 10.6. The Morgan fingerprint density at radius 2 is 2.00 bits per heavy atom. The lowest BCUT2D eigenvalue weighted by Crippen LogP contribution is -2.58. The second-order valence-corrected chi connectivity index (χ2v) is 8.72. The van der Waals surface area contributed by atoms with Crippen molar-refractivity contribution in [3.63, 3.8) is 0 Å². The van der Waals surface area contributed by atoms with Crippen LogP contribution >= 0.6 is 0 Å².